The fourth-order valence-electron chi connectivity index (χ4n) is 0.591. The van der Waals surface area contributed by atoms with Gasteiger partial charge in [-0.3, -0.25) is 0 Å². The van der Waals surface area contributed by atoms with Crippen LogP contribution in [0.3, 0.4) is 0 Å². The smallest absolute Gasteiger partial charge is 0.0628 e. The van der Waals surface area contributed by atoms with Crippen LogP contribution in [0.15, 0.2) is 0 Å². The molecule has 0 radical (unpaired) electrons. The summed E-state index contributed by atoms with van der Waals surface area (Å²) in [4.78, 5) is 0. The first-order valence-electron chi connectivity index (χ1n) is 4.16. The van der Waals surface area contributed by atoms with E-state index in [0.717, 1.165) is 24.5 Å². The molecular weight excluding hydrogens is 158 g/mol. The molecule has 0 rings (SSSR count). The minimum Gasteiger partial charge on any atom is -0.392 e. The Labute approximate surface area is 73.6 Å². The minimum absolute atomic E-state index is 0.134. The second-order valence-corrected chi connectivity index (χ2v) is 4.02. The lowest BCUT2D eigenvalue weighted by atomic mass is 10.2. The molecule has 0 aromatic heterocycles. The first kappa shape index (κ1) is 11.3. The van der Waals surface area contributed by atoms with Crippen molar-refractivity contribution in [3.63, 3.8) is 0 Å². The van der Waals surface area contributed by atoms with Gasteiger partial charge in [-0.25, -0.2) is 0 Å². The van der Waals surface area contributed by atoms with Gasteiger partial charge in [0.05, 0.1) is 6.10 Å². The predicted octanol–water partition coefficient (Wildman–Crippen LogP) is 1.09. The second-order valence-electron chi connectivity index (χ2n) is 2.94. The molecule has 0 amide bonds. The molecular formula is C8H19NOS. The van der Waals surface area contributed by atoms with Crippen molar-refractivity contribution in [3.05, 3.63) is 0 Å². The van der Waals surface area contributed by atoms with E-state index in [1.807, 2.05) is 6.92 Å². The van der Waals surface area contributed by atoms with Gasteiger partial charge in [0, 0.05) is 5.75 Å². The van der Waals surface area contributed by atoms with Crippen molar-refractivity contribution in [1.29, 1.82) is 0 Å². The maximum atomic E-state index is 9.19. The van der Waals surface area contributed by atoms with Crippen LogP contribution in [0.25, 0.3) is 0 Å². The Hall–Kier alpha value is 0.270. The van der Waals surface area contributed by atoms with Crippen molar-refractivity contribution < 1.29 is 5.11 Å². The molecule has 3 N–H and O–H groups in total. The topological polar surface area (TPSA) is 46.2 Å². The molecule has 2 nitrogen and oxygen atoms in total. The van der Waals surface area contributed by atoms with E-state index in [1.54, 1.807) is 11.8 Å². The second kappa shape index (κ2) is 6.95. The minimum atomic E-state index is -0.134. The Balaban J connectivity index is 3.13. The molecule has 3 heteroatoms. The van der Waals surface area contributed by atoms with Crippen LogP contribution in [-0.2, 0) is 0 Å². The van der Waals surface area contributed by atoms with Crippen molar-refractivity contribution in [2.75, 3.05) is 18.1 Å². The molecule has 0 aromatic carbocycles. The first-order chi connectivity index (χ1) is 5.20. The van der Waals surface area contributed by atoms with E-state index in [2.05, 4.69) is 6.92 Å². The van der Waals surface area contributed by atoms with Gasteiger partial charge in [-0.05, 0) is 24.6 Å². The third kappa shape index (κ3) is 6.66. The van der Waals surface area contributed by atoms with Crippen LogP contribution in [0.1, 0.15) is 20.3 Å². The van der Waals surface area contributed by atoms with E-state index in [-0.39, 0.29) is 6.10 Å². The maximum Gasteiger partial charge on any atom is 0.0628 e. The Morgan fingerprint density at radius 2 is 2.09 bits per heavy atom. The first-order valence-corrected chi connectivity index (χ1v) is 5.32. The third-order valence-corrected chi connectivity index (χ3v) is 3.01. The van der Waals surface area contributed by atoms with Crippen LogP contribution in [0.5, 0.6) is 0 Å². The van der Waals surface area contributed by atoms with Gasteiger partial charge in [0.1, 0.15) is 0 Å². The summed E-state index contributed by atoms with van der Waals surface area (Å²) in [6, 6.07) is 0. The fourth-order valence-corrected chi connectivity index (χ4v) is 1.77. The number of aliphatic hydroxyl groups excluding tert-OH is 1. The van der Waals surface area contributed by atoms with Gasteiger partial charge >= 0.3 is 0 Å². The molecule has 11 heavy (non-hydrogen) atoms. The summed E-state index contributed by atoms with van der Waals surface area (Å²) in [7, 11) is 0. The fraction of sp³-hybridized carbons (Fsp3) is 1.00. The standard InChI is InChI=1S/C8H19NOS/c1-3-8(10)6-11-5-7(2)4-9/h7-8,10H,3-6,9H2,1-2H3. The Bertz CT molecular complexity index is 80.2. The Morgan fingerprint density at radius 3 is 2.55 bits per heavy atom. The lowest BCUT2D eigenvalue weighted by Crippen LogP contribution is -2.15. The molecule has 0 spiro atoms. The zero-order chi connectivity index (χ0) is 8.69. The number of rotatable bonds is 6. The van der Waals surface area contributed by atoms with Gasteiger partial charge in [0.15, 0.2) is 0 Å². The molecule has 0 bridgehead atoms. The Kier molecular flexibility index (Phi) is 7.12. The van der Waals surface area contributed by atoms with E-state index in [0.29, 0.717) is 5.92 Å². The summed E-state index contributed by atoms with van der Waals surface area (Å²) >= 11 is 1.79. The van der Waals surface area contributed by atoms with Crippen LogP contribution >= 0.6 is 11.8 Å². The summed E-state index contributed by atoms with van der Waals surface area (Å²) in [5, 5.41) is 9.19. The number of aliphatic hydroxyl groups is 1. The van der Waals surface area contributed by atoms with Crippen LogP contribution in [0, 0.1) is 5.92 Å². The van der Waals surface area contributed by atoms with Gasteiger partial charge in [-0.2, -0.15) is 11.8 Å². The molecule has 2 atom stereocenters. The highest BCUT2D eigenvalue weighted by molar-refractivity contribution is 7.99. The molecule has 0 aliphatic rings. The lowest BCUT2D eigenvalue weighted by molar-refractivity contribution is 0.195. The zero-order valence-corrected chi connectivity index (χ0v) is 8.23. The molecule has 0 saturated carbocycles. The maximum absolute atomic E-state index is 9.19. The normalized spacial score (nSPS) is 16.4. The van der Waals surface area contributed by atoms with Gasteiger partial charge < -0.3 is 10.8 Å². The van der Waals surface area contributed by atoms with E-state index in [9.17, 15) is 5.11 Å². The number of hydrogen-bond acceptors (Lipinski definition) is 3. The van der Waals surface area contributed by atoms with Gasteiger partial charge in [0.25, 0.3) is 0 Å². The van der Waals surface area contributed by atoms with Crippen LogP contribution < -0.4 is 5.73 Å². The number of thioether (sulfide) groups is 1. The summed E-state index contributed by atoms with van der Waals surface area (Å²) in [6.45, 7) is 4.87. The molecule has 0 heterocycles. The molecule has 0 aliphatic carbocycles. The van der Waals surface area contributed by atoms with Gasteiger partial charge in [0.2, 0.25) is 0 Å². The van der Waals surface area contributed by atoms with Gasteiger partial charge in [-0.15, -0.1) is 0 Å². The number of nitrogens with two attached hydrogens (primary N) is 1. The zero-order valence-electron chi connectivity index (χ0n) is 7.42. The highest BCUT2D eigenvalue weighted by Crippen LogP contribution is 2.09. The average Bonchev–Trinajstić information content (AvgIpc) is 2.04. The highest BCUT2D eigenvalue weighted by atomic mass is 32.2. The number of hydrogen-bond donors (Lipinski definition) is 2. The monoisotopic (exact) mass is 177 g/mol. The molecule has 2 unspecified atom stereocenters. The van der Waals surface area contributed by atoms with E-state index >= 15 is 0 Å². The summed E-state index contributed by atoms with van der Waals surface area (Å²) in [5.74, 6) is 2.48. The van der Waals surface area contributed by atoms with E-state index in [1.165, 1.54) is 0 Å². The van der Waals surface area contributed by atoms with Crippen molar-refractivity contribution in [2.24, 2.45) is 11.7 Å². The van der Waals surface area contributed by atoms with E-state index in [4.69, 9.17) is 5.73 Å². The molecule has 0 aromatic rings. The molecule has 0 aliphatic heterocycles. The Morgan fingerprint density at radius 1 is 1.45 bits per heavy atom. The molecule has 0 saturated heterocycles. The van der Waals surface area contributed by atoms with Crippen molar-refractivity contribution in [3.8, 4) is 0 Å². The van der Waals surface area contributed by atoms with Crippen molar-refractivity contribution >= 4 is 11.8 Å². The average molecular weight is 177 g/mol. The van der Waals surface area contributed by atoms with Crippen molar-refractivity contribution in [1.82, 2.24) is 0 Å². The summed E-state index contributed by atoms with van der Waals surface area (Å²) in [5.41, 5.74) is 5.45. The quantitative estimate of drug-likeness (QED) is 0.638. The largest absolute Gasteiger partial charge is 0.392 e. The summed E-state index contributed by atoms with van der Waals surface area (Å²) in [6.07, 6.45) is 0.717. The molecule has 0 fully saturated rings. The van der Waals surface area contributed by atoms with Crippen molar-refractivity contribution in [2.45, 2.75) is 26.4 Å². The summed E-state index contributed by atoms with van der Waals surface area (Å²) < 4.78 is 0. The predicted molar refractivity (Wildman–Crippen MR) is 51.8 cm³/mol. The van der Waals surface area contributed by atoms with Crippen LogP contribution in [0.4, 0.5) is 0 Å². The van der Waals surface area contributed by atoms with Crippen LogP contribution in [-0.4, -0.2) is 29.3 Å². The molecule has 68 valence electrons. The van der Waals surface area contributed by atoms with Gasteiger partial charge in [-0.1, -0.05) is 13.8 Å². The SMILES string of the molecule is CCC(O)CSCC(C)CN. The third-order valence-electron chi connectivity index (χ3n) is 1.59. The van der Waals surface area contributed by atoms with Crippen LogP contribution in [0.2, 0.25) is 0 Å². The lowest BCUT2D eigenvalue weighted by Gasteiger charge is -2.10. The highest BCUT2D eigenvalue weighted by Gasteiger charge is 2.02. The van der Waals surface area contributed by atoms with E-state index < -0.39 is 0 Å².